The van der Waals surface area contributed by atoms with Crippen LogP contribution < -0.4 is 5.32 Å². The smallest absolute Gasteiger partial charge is 0.243 e. The molecule has 1 atom stereocenters. The summed E-state index contributed by atoms with van der Waals surface area (Å²) in [6.07, 6.45) is 1.34. The van der Waals surface area contributed by atoms with Crippen LogP contribution in [0.25, 0.3) is 0 Å². The van der Waals surface area contributed by atoms with E-state index >= 15 is 0 Å². The van der Waals surface area contributed by atoms with Crippen molar-refractivity contribution in [2.45, 2.75) is 44.7 Å². The van der Waals surface area contributed by atoms with Crippen LogP contribution in [0.4, 0.5) is 0 Å². The standard InChI is InChI=1S/C34H34Cl2N2O2/c1-2-21-37-34(40)32(22-25-13-6-3-7-14-25)38(24-29-30(35)19-12-20-31(29)36)33(39)23-28(26-15-8-4-9-16-26)27-17-10-5-11-18-27/h3-20,28,32H,2,21-24H2,1H3,(H,37,40)/t32-/m1/s1. The lowest BCUT2D eigenvalue weighted by molar-refractivity contribution is -0.141. The van der Waals surface area contributed by atoms with Crippen molar-refractivity contribution in [2.24, 2.45) is 0 Å². The first kappa shape index (κ1) is 29.4. The quantitative estimate of drug-likeness (QED) is 0.189. The van der Waals surface area contributed by atoms with Crippen LogP contribution in [0.2, 0.25) is 10.0 Å². The van der Waals surface area contributed by atoms with Gasteiger partial charge in [0.15, 0.2) is 0 Å². The van der Waals surface area contributed by atoms with E-state index in [0.29, 0.717) is 28.6 Å². The minimum absolute atomic E-state index is 0.116. The second-order valence-corrected chi connectivity index (χ2v) is 10.6. The third-order valence-electron chi connectivity index (χ3n) is 6.99. The van der Waals surface area contributed by atoms with E-state index in [2.05, 4.69) is 5.32 Å². The Kier molecular flexibility index (Phi) is 10.8. The molecule has 1 N–H and O–H groups in total. The number of halogens is 2. The summed E-state index contributed by atoms with van der Waals surface area (Å²) in [5.74, 6) is -0.533. The molecule has 0 unspecified atom stereocenters. The molecule has 4 aromatic carbocycles. The van der Waals surface area contributed by atoms with Crippen LogP contribution in [0.1, 0.15) is 47.9 Å². The van der Waals surface area contributed by atoms with Gasteiger partial charge in [0.1, 0.15) is 6.04 Å². The van der Waals surface area contributed by atoms with Gasteiger partial charge in [-0.2, -0.15) is 0 Å². The second-order valence-electron chi connectivity index (χ2n) is 9.80. The van der Waals surface area contributed by atoms with E-state index in [4.69, 9.17) is 23.2 Å². The molecule has 40 heavy (non-hydrogen) atoms. The molecule has 2 amide bonds. The van der Waals surface area contributed by atoms with E-state index in [-0.39, 0.29) is 30.7 Å². The summed E-state index contributed by atoms with van der Waals surface area (Å²) in [4.78, 5) is 29.7. The molecule has 0 saturated heterocycles. The molecule has 0 aromatic heterocycles. The topological polar surface area (TPSA) is 49.4 Å². The Balaban J connectivity index is 1.76. The van der Waals surface area contributed by atoms with Gasteiger partial charge in [-0.1, -0.05) is 127 Å². The van der Waals surface area contributed by atoms with Gasteiger partial charge in [-0.25, -0.2) is 0 Å². The zero-order valence-corrected chi connectivity index (χ0v) is 24.1. The van der Waals surface area contributed by atoms with E-state index in [1.807, 2.05) is 97.9 Å². The predicted molar refractivity (Wildman–Crippen MR) is 164 cm³/mol. The fourth-order valence-corrected chi connectivity index (χ4v) is 5.38. The average Bonchev–Trinajstić information content (AvgIpc) is 2.99. The fourth-order valence-electron chi connectivity index (χ4n) is 4.86. The van der Waals surface area contributed by atoms with Crippen molar-refractivity contribution in [1.29, 1.82) is 0 Å². The number of rotatable bonds is 12. The van der Waals surface area contributed by atoms with Crippen molar-refractivity contribution < 1.29 is 9.59 Å². The summed E-state index contributed by atoms with van der Waals surface area (Å²) >= 11 is 13.2. The van der Waals surface area contributed by atoms with Crippen molar-refractivity contribution in [3.8, 4) is 0 Å². The maximum atomic E-state index is 14.4. The Labute approximate surface area is 246 Å². The van der Waals surface area contributed by atoms with Crippen LogP contribution >= 0.6 is 23.2 Å². The first-order valence-electron chi connectivity index (χ1n) is 13.6. The lowest BCUT2D eigenvalue weighted by atomic mass is 9.87. The molecule has 0 spiro atoms. The van der Waals surface area contributed by atoms with Crippen molar-refractivity contribution in [2.75, 3.05) is 6.54 Å². The highest BCUT2D eigenvalue weighted by molar-refractivity contribution is 6.36. The zero-order valence-electron chi connectivity index (χ0n) is 22.6. The molecule has 0 radical (unpaired) electrons. The Morgan fingerprint density at radius 3 is 1.80 bits per heavy atom. The Bertz CT molecular complexity index is 1320. The number of nitrogens with zero attached hydrogens (tertiary/aromatic N) is 1. The Hall–Kier alpha value is -3.60. The monoisotopic (exact) mass is 572 g/mol. The van der Waals surface area contributed by atoms with Gasteiger partial charge in [-0.15, -0.1) is 0 Å². The molecule has 0 aliphatic carbocycles. The number of hydrogen-bond donors (Lipinski definition) is 1. The number of carbonyl (C=O) groups excluding carboxylic acids is 2. The molecule has 0 saturated carbocycles. The van der Waals surface area contributed by atoms with Gasteiger partial charge in [-0.05, 0) is 35.2 Å². The van der Waals surface area contributed by atoms with Gasteiger partial charge in [0, 0.05) is 47.5 Å². The minimum atomic E-state index is -0.749. The fraction of sp³-hybridized carbons (Fsp3) is 0.235. The normalized spacial score (nSPS) is 11.7. The van der Waals surface area contributed by atoms with E-state index in [1.54, 1.807) is 23.1 Å². The summed E-state index contributed by atoms with van der Waals surface area (Å²) < 4.78 is 0. The van der Waals surface area contributed by atoms with Gasteiger partial charge >= 0.3 is 0 Å². The highest BCUT2D eigenvalue weighted by atomic mass is 35.5. The number of nitrogens with one attached hydrogen (secondary N) is 1. The largest absolute Gasteiger partial charge is 0.354 e. The molecule has 206 valence electrons. The average molecular weight is 574 g/mol. The molecular weight excluding hydrogens is 539 g/mol. The van der Waals surface area contributed by atoms with Crippen LogP contribution in [0.5, 0.6) is 0 Å². The van der Waals surface area contributed by atoms with Crippen LogP contribution in [-0.2, 0) is 22.6 Å². The van der Waals surface area contributed by atoms with Crippen molar-refractivity contribution >= 4 is 35.0 Å². The molecule has 0 fully saturated rings. The maximum Gasteiger partial charge on any atom is 0.243 e. The number of amides is 2. The maximum absolute atomic E-state index is 14.4. The molecule has 4 rings (SSSR count). The van der Waals surface area contributed by atoms with Crippen LogP contribution in [-0.4, -0.2) is 29.3 Å². The molecular formula is C34H34Cl2N2O2. The summed E-state index contributed by atoms with van der Waals surface area (Å²) in [6.45, 7) is 2.64. The van der Waals surface area contributed by atoms with Gasteiger partial charge in [0.2, 0.25) is 11.8 Å². The molecule has 4 nitrogen and oxygen atoms in total. The molecule has 0 bridgehead atoms. The van der Waals surface area contributed by atoms with Crippen molar-refractivity contribution in [3.63, 3.8) is 0 Å². The SMILES string of the molecule is CCCNC(=O)[C@@H](Cc1ccccc1)N(Cc1c(Cl)cccc1Cl)C(=O)CC(c1ccccc1)c1ccccc1. The van der Waals surface area contributed by atoms with Crippen LogP contribution in [0.15, 0.2) is 109 Å². The Morgan fingerprint density at radius 1 is 0.750 bits per heavy atom. The van der Waals surface area contributed by atoms with E-state index in [0.717, 1.165) is 23.1 Å². The van der Waals surface area contributed by atoms with E-state index in [9.17, 15) is 9.59 Å². The lowest BCUT2D eigenvalue weighted by Crippen LogP contribution is -2.51. The third kappa shape index (κ3) is 7.74. The summed E-state index contributed by atoms with van der Waals surface area (Å²) in [7, 11) is 0. The molecule has 6 heteroatoms. The molecule has 0 aliphatic rings. The van der Waals surface area contributed by atoms with E-state index < -0.39 is 6.04 Å². The second kappa shape index (κ2) is 14.7. The van der Waals surface area contributed by atoms with Gasteiger partial charge in [-0.3, -0.25) is 9.59 Å². The number of hydrogen-bond acceptors (Lipinski definition) is 2. The van der Waals surface area contributed by atoms with Gasteiger partial charge in [0.05, 0.1) is 0 Å². The zero-order chi connectivity index (χ0) is 28.3. The number of carbonyl (C=O) groups is 2. The van der Waals surface area contributed by atoms with Crippen molar-refractivity contribution in [1.82, 2.24) is 10.2 Å². The first-order chi connectivity index (χ1) is 19.5. The van der Waals surface area contributed by atoms with Crippen LogP contribution in [0, 0.1) is 0 Å². The highest BCUT2D eigenvalue weighted by Crippen LogP contribution is 2.32. The molecule has 0 aliphatic heterocycles. The van der Waals surface area contributed by atoms with Gasteiger partial charge in [0.25, 0.3) is 0 Å². The predicted octanol–water partition coefficient (Wildman–Crippen LogP) is 7.68. The summed E-state index contributed by atoms with van der Waals surface area (Å²) in [5.41, 5.74) is 3.65. The third-order valence-corrected chi connectivity index (χ3v) is 7.70. The number of benzene rings is 4. The first-order valence-corrected chi connectivity index (χ1v) is 14.4. The molecule has 4 aromatic rings. The highest BCUT2D eigenvalue weighted by Gasteiger charge is 2.33. The van der Waals surface area contributed by atoms with Crippen LogP contribution in [0.3, 0.4) is 0 Å². The molecule has 0 heterocycles. The van der Waals surface area contributed by atoms with E-state index in [1.165, 1.54) is 0 Å². The van der Waals surface area contributed by atoms with Gasteiger partial charge < -0.3 is 10.2 Å². The van der Waals surface area contributed by atoms with Crippen molar-refractivity contribution in [3.05, 3.63) is 141 Å². The Morgan fingerprint density at radius 2 is 1.27 bits per heavy atom. The summed E-state index contributed by atoms with van der Waals surface area (Å²) in [6, 6.07) is 34.3. The summed E-state index contributed by atoms with van der Waals surface area (Å²) in [5, 5.41) is 3.94. The lowest BCUT2D eigenvalue weighted by Gasteiger charge is -2.33. The minimum Gasteiger partial charge on any atom is -0.354 e.